The lowest BCUT2D eigenvalue weighted by molar-refractivity contribution is -0.148. The van der Waals surface area contributed by atoms with Crippen molar-refractivity contribution in [2.45, 2.75) is 32.1 Å². The molecule has 1 fully saturated rings. The number of aromatic nitrogens is 2. The molecule has 0 spiro atoms. The molecule has 1 N–H and O–H groups in total. The molecule has 0 aliphatic heterocycles. The Hall–Kier alpha value is -2.11. The van der Waals surface area contributed by atoms with Gasteiger partial charge in [-0.3, -0.25) is 4.79 Å². The van der Waals surface area contributed by atoms with E-state index in [1.54, 1.807) is 12.1 Å². The normalized spacial score (nSPS) is 17.7. The SMILES string of the molecule is O=C(O)C1(Cc2nc(-c3ccco3)no2)CCCC1. The molecule has 6 heteroatoms. The van der Waals surface area contributed by atoms with Gasteiger partial charge in [0.05, 0.1) is 11.7 Å². The van der Waals surface area contributed by atoms with Gasteiger partial charge in [0.2, 0.25) is 11.7 Å². The van der Waals surface area contributed by atoms with Crippen LogP contribution in [0.4, 0.5) is 0 Å². The Balaban J connectivity index is 1.82. The molecule has 1 aliphatic carbocycles. The van der Waals surface area contributed by atoms with E-state index in [2.05, 4.69) is 10.1 Å². The van der Waals surface area contributed by atoms with Crippen molar-refractivity contribution in [1.82, 2.24) is 10.1 Å². The average Bonchev–Trinajstić information content (AvgIpc) is 3.10. The average molecular weight is 262 g/mol. The predicted octanol–water partition coefficient (Wildman–Crippen LogP) is 2.52. The van der Waals surface area contributed by atoms with Crippen LogP contribution in [-0.2, 0) is 11.2 Å². The van der Waals surface area contributed by atoms with Gasteiger partial charge >= 0.3 is 5.97 Å². The first kappa shape index (κ1) is 12.0. The molecule has 2 aromatic rings. The summed E-state index contributed by atoms with van der Waals surface area (Å²) in [7, 11) is 0. The molecule has 1 saturated carbocycles. The van der Waals surface area contributed by atoms with Gasteiger partial charge in [0.15, 0.2) is 5.76 Å². The number of carboxylic acids is 1. The quantitative estimate of drug-likeness (QED) is 0.910. The van der Waals surface area contributed by atoms with E-state index in [-0.39, 0.29) is 6.42 Å². The van der Waals surface area contributed by atoms with Gasteiger partial charge in [0.1, 0.15) is 0 Å². The molecule has 2 aromatic heterocycles. The van der Waals surface area contributed by atoms with Crippen molar-refractivity contribution in [2.24, 2.45) is 5.41 Å². The van der Waals surface area contributed by atoms with Gasteiger partial charge in [-0.15, -0.1) is 0 Å². The standard InChI is InChI=1S/C13H14N2O4/c16-12(17)13(5-1-2-6-13)8-10-14-11(15-19-10)9-4-3-7-18-9/h3-4,7H,1-2,5-6,8H2,(H,16,17). The second kappa shape index (κ2) is 4.53. The van der Waals surface area contributed by atoms with Crippen LogP contribution in [0.1, 0.15) is 31.6 Å². The summed E-state index contributed by atoms with van der Waals surface area (Å²) in [4.78, 5) is 15.7. The number of nitrogens with zero attached hydrogens (tertiary/aromatic N) is 2. The summed E-state index contributed by atoms with van der Waals surface area (Å²) in [5.74, 6) is 0.461. The molecule has 0 bridgehead atoms. The van der Waals surface area contributed by atoms with E-state index < -0.39 is 11.4 Å². The number of furan rings is 1. The summed E-state index contributed by atoms with van der Waals surface area (Å²) in [5, 5.41) is 13.2. The lowest BCUT2D eigenvalue weighted by Gasteiger charge is -2.20. The summed E-state index contributed by atoms with van der Waals surface area (Å²) >= 11 is 0. The minimum absolute atomic E-state index is 0.288. The molecule has 100 valence electrons. The van der Waals surface area contributed by atoms with Crippen LogP contribution < -0.4 is 0 Å². The Morgan fingerprint density at radius 3 is 2.84 bits per heavy atom. The van der Waals surface area contributed by atoms with E-state index in [4.69, 9.17) is 8.94 Å². The largest absolute Gasteiger partial charge is 0.481 e. The first-order valence-corrected chi connectivity index (χ1v) is 6.29. The first-order valence-electron chi connectivity index (χ1n) is 6.29. The zero-order chi connectivity index (χ0) is 13.3. The summed E-state index contributed by atoms with van der Waals surface area (Å²) in [6, 6.07) is 3.47. The van der Waals surface area contributed by atoms with Gasteiger partial charge in [-0.1, -0.05) is 18.0 Å². The van der Waals surface area contributed by atoms with Crippen molar-refractivity contribution in [3.05, 3.63) is 24.3 Å². The molecule has 0 saturated heterocycles. The molecule has 19 heavy (non-hydrogen) atoms. The highest BCUT2D eigenvalue weighted by Crippen LogP contribution is 2.41. The van der Waals surface area contributed by atoms with Crippen LogP contribution in [0, 0.1) is 5.41 Å². The summed E-state index contributed by atoms with van der Waals surface area (Å²) in [6.45, 7) is 0. The second-order valence-corrected chi connectivity index (χ2v) is 4.96. The van der Waals surface area contributed by atoms with Crippen molar-refractivity contribution in [3.63, 3.8) is 0 Å². The second-order valence-electron chi connectivity index (χ2n) is 4.96. The highest BCUT2D eigenvalue weighted by molar-refractivity contribution is 5.75. The topological polar surface area (TPSA) is 89.4 Å². The molecular weight excluding hydrogens is 248 g/mol. The fourth-order valence-corrected chi connectivity index (χ4v) is 2.64. The summed E-state index contributed by atoms with van der Waals surface area (Å²) < 4.78 is 10.3. The molecule has 0 aromatic carbocycles. The summed E-state index contributed by atoms with van der Waals surface area (Å²) in [6.07, 6.45) is 5.02. The minimum atomic E-state index is -0.775. The van der Waals surface area contributed by atoms with Gasteiger partial charge in [-0.2, -0.15) is 4.98 Å². The third kappa shape index (κ3) is 2.14. The zero-order valence-electron chi connectivity index (χ0n) is 10.3. The lowest BCUT2D eigenvalue weighted by Crippen LogP contribution is -2.30. The Labute approximate surface area is 109 Å². The van der Waals surface area contributed by atoms with Crippen molar-refractivity contribution >= 4 is 5.97 Å². The van der Waals surface area contributed by atoms with Gasteiger partial charge in [0.25, 0.3) is 0 Å². The molecule has 0 atom stereocenters. The van der Waals surface area contributed by atoms with Crippen molar-refractivity contribution < 1.29 is 18.8 Å². The molecule has 0 unspecified atom stereocenters. The molecule has 2 heterocycles. The van der Waals surface area contributed by atoms with Crippen molar-refractivity contribution in [3.8, 4) is 11.6 Å². The molecule has 0 radical (unpaired) electrons. The number of rotatable bonds is 4. The Bertz CT molecular complexity index is 567. The fraction of sp³-hybridized carbons (Fsp3) is 0.462. The molecule has 3 rings (SSSR count). The van der Waals surface area contributed by atoms with Crippen LogP contribution in [0.2, 0.25) is 0 Å². The van der Waals surface area contributed by atoms with Crippen molar-refractivity contribution in [1.29, 1.82) is 0 Å². The Morgan fingerprint density at radius 1 is 1.42 bits per heavy atom. The van der Waals surface area contributed by atoms with Crippen LogP contribution in [-0.4, -0.2) is 21.2 Å². The third-order valence-electron chi connectivity index (χ3n) is 3.71. The zero-order valence-corrected chi connectivity index (χ0v) is 10.3. The monoisotopic (exact) mass is 262 g/mol. The third-order valence-corrected chi connectivity index (χ3v) is 3.71. The molecule has 6 nitrogen and oxygen atoms in total. The van der Waals surface area contributed by atoms with E-state index in [0.717, 1.165) is 12.8 Å². The number of hydrogen-bond acceptors (Lipinski definition) is 5. The number of carbonyl (C=O) groups is 1. The smallest absolute Gasteiger partial charge is 0.310 e. The van der Waals surface area contributed by atoms with Gasteiger partial charge in [-0.25, -0.2) is 0 Å². The van der Waals surface area contributed by atoms with Crippen LogP contribution >= 0.6 is 0 Å². The summed E-state index contributed by atoms with van der Waals surface area (Å²) in [5.41, 5.74) is -0.743. The maximum absolute atomic E-state index is 11.5. The molecule has 1 aliphatic rings. The lowest BCUT2D eigenvalue weighted by atomic mass is 9.83. The van der Waals surface area contributed by atoms with Crippen LogP contribution in [0.3, 0.4) is 0 Å². The van der Waals surface area contributed by atoms with E-state index in [1.165, 1.54) is 6.26 Å². The van der Waals surface area contributed by atoms with E-state index in [1.807, 2.05) is 0 Å². The number of hydrogen-bond donors (Lipinski definition) is 1. The predicted molar refractivity (Wildman–Crippen MR) is 64.2 cm³/mol. The highest BCUT2D eigenvalue weighted by Gasteiger charge is 2.42. The van der Waals surface area contributed by atoms with Gasteiger partial charge < -0.3 is 14.0 Å². The van der Waals surface area contributed by atoms with Crippen LogP contribution in [0.5, 0.6) is 0 Å². The van der Waals surface area contributed by atoms with Crippen molar-refractivity contribution in [2.75, 3.05) is 0 Å². The van der Waals surface area contributed by atoms with Crippen LogP contribution in [0.15, 0.2) is 27.3 Å². The highest BCUT2D eigenvalue weighted by atomic mass is 16.5. The Kier molecular flexibility index (Phi) is 2.85. The molecule has 0 amide bonds. The fourth-order valence-electron chi connectivity index (χ4n) is 2.64. The number of aliphatic carboxylic acids is 1. The Morgan fingerprint density at radius 2 is 2.21 bits per heavy atom. The maximum atomic E-state index is 11.5. The van der Waals surface area contributed by atoms with E-state index in [0.29, 0.717) is 30.3 Å². The van der Waals surface area contributed by atoms with Gasteiger partial charge in [0, 0.05) is 6.42 Å². The van der Waals surface area contributed by atoms with E-state index in [9.17, 15) is 9.90 Å². The van der Waals surface area contributed by atoms with Crippen LogP contribution in [0.25, 0.3) is 11.6 Å². The maximum Gasteiger partial charge on any atom is 0.310 e. The van der Waals surface area contributed by atoms with Gasteiger partial charge in [-0.05, 0) is 25.0 Å². The minimum Gasteiger partial charge on any atom is -0.481 e. The number of carboxylic acid groups (broad SMARTS) is 1. The first-order chi connectivity index (χ1) is 9.20. The molecular formula is C13H14N2O4. The van der Waals surface area contributed by atoms with E-state index >= 15 is 0 Å².